The predicted octanol–water partition coefficient (Wildman–Crippen LogP) is 0.0851. The Morgan fingerprint density at radius 1 is 1.33 bits per heavy atom. The fourth-order valence-corrected chi connectivity index (χ4v) is 1.26. The summed E-state index contributed by atoms with van der Waals surface area (Å²) in [7, 11) is 0. The van der Waals surface area contributed by atoms with Gasteiger partial charge in [-0.25, -0.2) is 8.78 Å². The lowest BCUT2D eigenvalue weighted by molar-refractivity contribution is -0.0457. The van der Waals surface area contributed by atoms with Crippen molar-refractivity contribution in [2.75, 3.05) is 6.61 Å². The second kappa shape index (κ2) is 4.11. The maximum atomic E-state index is 12.1. The third-order valence-electron chi connectivity index (χ3n) is 2.07. The molecule has 0 radical (unpaired) electrons. The molecule has 3 nitrogen and oxygen atoms in total. The van der Waals surface area contributed by atoms with Crippen molar-refractivity contribution in [1.29, 1.82) is 0 Å². The second-order valence-electron chi connectivity index (χ2n) is 3.12. The SMILES string of the molecule is NC1CCC(C(N)C(F)F)OC1. The van der Waals surface area contributed by atoms with Crippen molar-refractivity contribution < 1.29 is 13.5 Å². The minimum absolute atomic E-state index is 0.0221. The Kier molecular flexibility index (Phi) is 3.37. The van der Waals surface area contributed by atoms with Gasteiger partial charge in [-0.15, -0.1) is 0 Å². The molecule has 1 aliphatic rings. The number of rotatable bonds is 2. The van der Waals surface area contributed by atoms with Crippen LogP contribution in [0.15, 0.2) is 0 Å². The fourth-order valence-electron chi connectivity index (χ4n) is 1.26. The van der Waals surface area contributed by atoms with Crippen molar-refractivity contribution >= 4 is 0 Å². The quantitative estimate of drug-likeness (QED) is 0.633. The van der Waals surface area contributed by atoms with Crippen LogP contribution in [-0.2, 0) is 4.74 Å². The first-order valence-electron chi connectivity index (χ1n) is 4.02. The van der Waals surface area contributed by atoms with Crippen molar-refractivity contribution in [2.24, 2.45) is 11.5 Å². The Bertz CT molecular complexity index is 137. The van der Waals surface area contributed by atoms with Crippen molar-refractivity contribution in [3.05, 3.63) is 0 Å². The standard InChI is InChI=1S/C7H14F2N2O/c8-7(9)6(11)5-2-1-4(10)3-12-5/h4-7H,1-3,10-11H2. The van der Waals surface area contributed by atoms with Crippen LogP contribution in [0.25, 0.3) is 0 Å². The van der Waals surface area contributed by atoms with E-state index in [1.54, 1.807) is 0 Å². The van der Waals surface area contributed by atoms with Crippen LogP contribution in [0.5, 0.6) is 0 Å². The maximum Gasteiger partial charge on any atom is 0.256 e. The normalized spacial score (nSPS) is 33.8. The average Bonchev–Trinajstić information content (AvgIpc) is 2.04. The molecule has 0 amide bonds. The molecule has 0 aromatic heterocycles. The molecule has 1 saturated heterocycles. The largest absolute Gasteiger partial charge is 0.375 e. The van der Waals surface area contributed by atoms with E-state index in [9.17, 15) is 8.78 Å². The molecule has 0 spiro atoms. The first kappa shape index (κ1) is 9.83. The molecule has 12 heavy (non-hydrogen) atoms. The van der Waals surface area contributed by atoms with E-state index in [4.69, 9.17) is 16.2 Å². The smallest absolute Gasteiger partial charge is 0.256 e. The number of halogens is 2. The third kappa shape index (κ3) is 2.36. The highest BCUT2D eigenvalue weighted by Gasteiger charge is 2.30. The molecule has 1 aliphatic heterocycles. The Hall–Kier alpha value is -0.260. The summed E-state index contributed by atoms with van der Waals surface area (Å²) >= 11 is 0. The predicted molar refractivity (Wildman–Crippen MR) is 40.9 cm³/mol. The number of hydrogen-bond acceptors (Lipinski definition) is 3. The van der Waals surface area contributed by atoms with E-state index >= 15 is 0 Å². The highest BCUT2D eigenvalue weighted by molar-refractivity contribution is 4.81. The molecule has 0 aromatic carbocycles. The van der Waals surface area contributed by atoms with Crippen molar-refractivity contribution in [3.8, 4) is 0 Å². The summed E-state index contributed by atoms with van der Waals surface area (Å²) in [6, 6.07) is -1.19. The zero-order chi connectivity index (χ0) is 9.14. The van der Waals surface area contributed by atoms with E-state index < -0.39 is 18.6 Å². The Balaban J connectivity index is 2.34. The zero-order valence-electron chi connectivity index (χ0n) is 6.75. The van der Waals surface area contributed by atoms with Crippen molar-refractivity contribution in [2.45, 2.75) is 37.5 Å². The summed E-state index contributed by atoms with van der Waals surface area (Å²) in [5.41, 5.74) is 10.7. The number of alkyl halides is 2. The Morgan fingerprint density at radius 3 is 2.42 bits per heavy atom. The van der Waals surface area contributed by atoms with Crippen LogP contribution in [0.4, 0.5) is 8.78 Å². The molecule has 1 heterocycles. The fraction of sp³-hybridized carbons (Fsp3) is 1.00. The van der Waals surface area contributed by atoms with E-state index in [-0.39, 0.29) is 6.04 Å². The van der Waals surface area contributed by atoms with E-state index in [0.29, 0.717) is 19.4 Å². The van der Waals surface area contributed by atoms with Crippen molar-refractivity contribution in [3.63, 3.8) is 0 Å². The molecule has 3 unspecified atom stereocenters. The van der Waals surface area contributed by atoms with E-state index in [1.807, 2.05) is 0 Å². The lowest BCUT2D eigenvalue weighted by Crippen LogP contribution is -2.47. The van der Waals surface area contributed by atoms with Crippen LogP contribution < -0.4 is 11.5 Å². The highest BCUT2D eigenvalue weighted by atomic mass is 19.3. The maximum absolute atomic E-state index is 12.1. The van der Waals surface area contributed by atoms with Gasteiger partial charge in [-0.05, 0) is 12.8 Å². The molecule has 5 heteroatoms. The summed E-state index contributed by atoms with van der Waals surface area (Å²) in [6.07, 6.45) is -1.79. The molecular weight excluding hydrogens is 166 g/mol. The van der Waals surface area contributed by atoms with Gasteiger partial charge in [0, 0.05) is 6.04 Å². The van der Waals surface area contributed by atoms with Crippen LogP contribution in [0.3, 0.4) is 0 Å². The summed E-state index contributed by atoms with van der Waals surface area (Å²) in [6.45, 7) is 0.338. The van der Waals surface area contributed by atoms with Gasteiger partial charge in [-0.2, -0.15) is 0 Å². The number of nitrogens with two attached hydrogens (primary N) is 2. The van der Waals surface area contributed by atoms with Gasteiger partial charge in [0.25, 0.3) is 6.43 Å². The van der Waals surface area contributed by atoms with Crippen LogP contribution in [0.2, 0.25) is 0 Å². The van der Waals surface area contributed by atoms with Gasteiger partial charge in [-0.3, -0.25) is 0 Å². The minimum Gasteiger partial charge on any atom is -0.375 e. The molecule has 72 valence electrons. The molecular formula is C7H14F2N2O. The highest BCUT2D eigenvalue weighted by Crippen LogP contribution is 2.17. The molecule has 0 bridgehead atoms. The number of ether oxygens (including phenoxy) is 1. The van der Waals surface area contributed by atoms with Gasteiger partial charge >= 0.3 is 0 Å². The van der Waals surface area contributed by atoms with E-state index in [1.165, 1.54) is 0 Å². The van der Waals surface area contributed by atoms with E-state index in [0.717, 1.165) is 0 Å². The molecule has 0 aliphatic carbocycles. The van der Waals surface area contributed by atoms with Crippen LogP contribution in [0, 0.1) is 0 Å². The van der Waals surface area contributed by atoms with Gasteiger partial charge in [0.15, 0.2) is 0 Å². The van der Waals surface area contributed by atoms with Crippen LogP contribution >= 0.6 is 0 Å². The van der Waals surface area contributed by atoms with Gasteiger partial charge < -0.3 is 16.2 Å². The lowest BCUT2D eigenvalue weighted by Gasteiger charge is -2.30. The Morgan fingerprint density at radius 2 is 2.00 bits per heavy atom. The van der Waals surface area contributed by atoms with Gasteiger partial charge in [-0.1, -0.05) is 0 Å². The summed E-state index contributed by atoms with van der Waals surface area (Å²) in [4.78, 5) is 0. The van der Waals surface area contributed by atoms with Crippen LogP contribution in [0.1, 0.15) is 12.8 Å². The average molecular weight is 180 g/mol. The molecule has 4 N–H and O–H groups in total. The molecule has 3 atom stereocenters. The van der Waals surface area contributed by atoms with E-state index in [2.05, 4.69) is 0 Å². The topological polar surface area (TPSA) is 61.3 Å². The zero-order valence-corrected chi connectivity index (χ0v) is 6.75. The Labute approximate surface area is 70.0 Å². The van der Waals surface area contributed by atoms with Gasteiger partial charge in [0.1, 0.15) is 0 Å². The summed E-state index contributed by atoms with van der Waals surface area (Å²) in [5.74, 6) is 0. The summed E-state index contributed by atoms with van der Waals surface area (Å²) < 4.78 is 29.2. The van der Waals surface area contributed by atoms with Crippen LogP contribution in [-0.4, -0.2) is 31.2 Å². The first-order chi connectivity index (χ1) is 5.61. The molecule has 1 fully saturated rings. The molecule has 0 saturated carbocycles. The van der Waals surface area contributed by atoms with Gasteiger partial charge in [0.05, 0.1) is 18.8 Å². The lowest BCUT2D eigenvalue weighted by atomic mass is 10.0. The second-order valence-corrected chi connectivity index (χ2v) is 3.12. The monoisotopic (exact) mass is 180 g/mol. The molecule has 1 rings (SSSR count). The minimum atomic E-state index is -2.51. The number of hydrogen-bond donors (Lipinski definition) is 2. The third-order valence-corrected chi connectivity index (χ3v) is 2.07. The molecule has 0 aromatic rings. The van der Waals surface area contributed by atoms with Gasteiger partial charge in [0.2, 0.25) is 0 Å². The van der Waals surface area contributed by atoms with Crippen molar-refractivity contribution in [1.82, 2.24) is 0 Å². The summed E-state index contributed by atoms with van der Waals surface area (Å²) in [5, 5.41) is 0. The first-order valence-corrected chi connectivity index (χ1v) is 4.02.